The van der Waals surface area contributed by atoms with Crippen LogP contribution in [0.2, 0.25) is 0 Å². The van der Waals surface area contributed by atoms with Gasteiger partial charge >= 0.3 is 0 Å². The van der Waals surface area contributed by atoms with Crippen molar-refractivity contribution in [1.29, 1.82) is 0 Å². The van der Waals surface area contributed by atoms with Gasteiger partial charge in [-0.2, -0.15) is 0 Å². The molecule has 3 nitrogen and oxygen atoms in total. The van der Waals surface area contributed by atoms with Crippen molar-refractivity contribution in [3.63, 3.8) is 0 Å². The maximum Gasteiger partial charge on any atom is 0.224 e. The van der Waals surface area contributed by atoms with E-state index in [1.807, 2.05) is 25.1 Å². The lowest BCUT2D eigenvalue weighted by Gasteiger charge is -2.05. The molecule has 1 amide bonds. The van der Waals surface area contributed by atoms with Gasteiger partial charge in [-0.25, -0.2) is 4.39 Å². The predicted molar refractivity (Wildman–Crippen MR) is 87.8 cm³/mol. The summed E-state index contributed by atoms with van der Waals surface area (Å²) in [5, 5.41) is 3.86. The van der Waals surface area contributed by atoms with Crippen LogP contribution in [0.4, 0.5) is 4.39 Å². The maximum atomic E-state index is 12.8. The van der Waals surface area contributed by atoms with Crippen molar-refractivity contribution >= 4 is 16.9 Å². The van der Waals surface area contributed by atoms with Gasteiger partial charge in [-0.05, 0) is 42.7 Å². The highest BCUT2D eigenvalue weighted by Gasteiger charge is 2.10. The van der Waals surface area contributed by atoms with E-state index < -0.39 is 0 Å². The smallest absolute Gasteiger partial charge is 0.224 e. The second-order valence-corrected chi connectivity index (χ2v) is 5.66. The Morgan fingerprint density at radius 2 is 1.96 bits per heavy atom. The summed E-state index contributed by atoms with van der Waals surface area (Å²) in [4.78, 5) is 12.1. The van der Waals surface area contributed by atoms with Crippen LogP contribution in [-0.4, -0.2) is 12.5 Å². The Bertz CT molecular complexity index is 821. The molecule has 0 bridgehead atoms. The third-order valence-corrected chi connectivity index (χ3v) is 3.81. The number of halogens is 1. The number of nitrogens with one attached hydrogen (secondary N) is 1. The van der Waals surface area contributed by atoms with Crippen molar-refractivity contribution in [3.8, 4) is 0 Å². The topological polar surface area (TPSA) is 42.2 Å². The Kier molecular flexibility index (Phi) is 4.42. The summed E-state index contributed by atoms with van der Waals surface area (Å²) in [6, 6.07) is 12.3. The van der Waals surface area contributed by atoms with Crippen molar-refractivity contribution in [1.82, 2.24) is 5.32 Å². The fraction of sp³-hybridized carbons (Fsp3) is 0.211. The summed E-state index contributed by atoms with van der Waals surface area (Å²) in [5.74, 6) is -0.296. The second kappa shape index (κ2) is 6.65. The van der Waals surface area contributed by atoms with Gasteiger partial charge in [0.25, 0.3) is 0 Å². The summed E-state index contributed by atoms with van der Waals surface area (Å²) in [6.45, 7) is 2.53. The first kappa shape index (κ1) is 15.3. The summed E-state index contributed by atoms with van der Waals surface area (Å²) >= 11 is 0. The molecule has 0 saturated carbocycles. The highest BCUT2D eigenvalue weighted by molar-refractivity contribution is 5.87. The lowest BCUT2D eigenvalue weighted by Crippen LogP contribution is -2.27. The van der Waals surface area contributed by atoms with Gasteiger partial charge in [0.15, 0.2) is 0 Å². The van der Waals surface area contributed by atoms with E-state index in [1.165, 1.54) is 12.1 Å². The quantitative estimate of drug-likeness (QED) is 0.779. The van der Waals surface area contributed by atoms with Gasteiger partial charge in [-0.15, -0.1) is 0 Å². The van der Waals surface area contributed by atoms with Crippen LogP contribution in [-0.2, 0) is 17.6 Å². The lowest BCUT2D eigenvalue weighted by atomic mass is 10.1. The zero-order chi connectivity index (χ0) is 16.2. The standard InChI is InChI=1S/C19H18FNO2/c1-13-2-7-17-15(12-23-18(17)10-13)11-19(22)21-9-8-14-3-5-16(20)6-4-14/h2-7,10,12H,8-9,11H2,1H3,(H,21,22). The second-order valence-electron chi connectivity index (χ2n) is 5.66. The summed E-state index contributed by atoms with van der Waals surface area (Å²) in [6.07, 6.45) is 2.61. The average molecular weight is 311 g/mol. The molecule has 0 aliphatic rings. The van der Waals surface area contributed by atoms with Crippen molar-refractivity contribution in [2.75, 3.05) is 6.54 Å². The van der Waals surface area contributed by atoms with E-state index in [2.05, 4.69) is 5.32 Å². The lowest BCUT2D eigenvalue weighted by molar-refractivity contribution is -0.120. The fourth-order valence-electron chi connectivity index (χ4n) is 2.56. The maximum absolute atomic E-state index is 12.8. The molecule has 0 unspecified atom stereocenters. The largest absolute Gasteiger partial charge is 0.464 e. The number of hydrogen-bond acceptors (Lipinski definition) is 2. The molecule has 1 N–H and O–H groups in total. The normalized spacial score (nSPS) is 10.9. The van der Waals surface area contributed by atoms with Crippen molar-refractivity contribution < 1.29 is 13.6 Å². The van der Waals surface area contributed by atoms with Crippen LogP contribution in [0.3, 0.4) is 0 Å². The van der Waals surface area contributed by atoms with E-state index in [-0.39, 0.29) is 11.7 Å². The number of hydrogen-bond donors (Lipinski definition) is 1. The first-order valence-corrected chi connectivity index (χ1v) is 7.60. The third kappa shape index (κ3) is 3.77. The Labute approximate surface area is 134 Å². The molecule has 2 aromatic carbocycles. The SMILES string of the molecule is Cc1ccc2c(CC(=O)NCCc3ccc(F)cc3)coc2c1. The Balaban J connectivity index is 1.55. The minimum Gasteiger partial charge on any atom is -0.464 e. The van der Waals surface area contributed by atoms with Crippen LogP contribution in [0, 0.1) is 12.7 Å². The molecule has 118 valence electrons. The van der Waals surface area contributed by atoms with E-state index in [9.17, 15) is 9.18 Å². The molecule has 23 heavy (non-hydrogen) atoms. The molecule has 0 saturated heterocycles. The molecule has 0 atom stereocenters. The van der Waals surface area contributed by atoms with Crippen molar-refractivity contribution in [2.24, 2.45) is 0 Å². The Morgan fingerprint density at radius 3 is 2.74 bits per heavy atom. The molecule has 3 aromatic rings. The highest BCUT2D eigenvalue weighted by Crippen LogP contribution is 2.22. The van der Waals surface area contributed by atoms with Crippen LogP contribution in [0.15, 0.2) is 53.1 Å². The van der Waals surface area contributed by atoms with Gasteiger partial charge < -0.3 is 9.73 Å². The van der Waals surface area contributed by atoms with E-state index in [0.717, 1.165) is 27.7 Å². The van der Waals surface area contributed by atoms with E-state index >= 15 is 0 Å². The van der Waals surface area contributed by atoms with Crippen LogP contribution in [0.1, 0.15) is 16.7 Å². The number of fused-ring (bicyclic) bond motifs is 1. The number of carbonyl (C=O) groups excluding carboxylic acids is 1. The monoisotopic (exact) mass is 311 g/mol. The zero-order valence-corrected chi connectivity index (χ0v) is 12.9. The Hall–Kier alpha value is -2.62. The van der Waals surface area contributed by atoms with E-state index in [1.54, 1.807) is 18.4 Å². The summed E-state index contributed by atoms with van der Waals surface area (Å²) < 4.78 is 18.3. The molecule has 0 radical (unpaired) electrons. The van der Waals surface area contributed by atoms with Gasteiger partial charge in [-0.3, -0.25) is 4.79 Å². The molecule has 0 fully saturated rings. The fourth-order valence-corrected chi connectivity index (χ4v) is 2.56. The van der Waals surface area contributed by atoms with Crippen LogP contribution in [0.25, 0.3) is 11.0 Å². The predicted octanol–water partition coefficient (Wildman–Crippen LogP) is 3.78. The molecular weight excluding hydrogens is 293 g/mol. The summed E-state index contributed by atoms with van der Waals surface area (Å²) in [5.41, 5.74) is 3.82. The average Bonchev–Trinajstić information content (AvgIpc) is 2.91. The number of carbonyl (C=O) groups is 1. The summed E-state index contributed by atoms with van der Waals surface area (Å²) in [7, 11) is 0. The molecule has 3 rings (SSSR count). The molecule has 0 aliphatic heterocycles. The van der Waals surface area contributed by atoms with Gasteiger partial charge in [0.1, 0.15) is 11.4 Å². The van der Waals surface area contributed by atoms with Crippen LogP contribution < -0.4 is 5.32 Å². The molecule has 0 spiro atoms. The van der Waals surface area contributed by atoms with Crippen molar-refractivity contribution in [2.45, 2.75) is 19.8 Å². The number of amides is 1. The zero-order valence-electron chi connectivity index (χ0n) is 12.9. The third-order valence-electron chi connectivity index (χ3n) is 3.81. The van der Waals surface area contributed by atoms with Gasteiger partial charge in [0, 0.05) is 17.5 Å². The molecule has 1 aromatic heterocycles. The number of rotatable bonds is 5. The number of aryl methyl sites for hydroxylation is 1. The van der Waals surface area contributed by atoms with Crippen LogP contribution >= 0.6 is 0 Å². The highest BCUT2D eigenvalue weighted by atomic mass is 19.1. The first-order chi connectivity index (χ1) is 11.1. The van der Waals surface area contributed by atoms with Crippen molar-refractivity contribution in [3.05, 3.63) is 71.2 Å². The van der Waals surface area contributed by atoms with Crippen LogP contribution in [0.5, 0.6) is 0 Å². The Morgan fingerprint density at radius 1 is 1.17 bits per heavy atom. The molecule has 1 heterocycles. The first-order valence-electron chi connectivity index (χ1n) is 7.60. The number of furan rings is 1. The minimum absolute atomic E-state index is 0.0459. The number of benzene rings is 2. The van der Waals surface area contributed by atoms with Gasteiger partial charge in [0.2, 0.25) is 5.91 Å². The molecule has 0 aliphatic carbocycles. The van der Waals surface area contributed by atoms with Gasteiger partial charge in [-0.1, -0.05) is 24.3 Å². The minimum atomic E-state index is -0.250. The van der Waals surface area contributed by atoms with E-state index in [4.69, 9.17) is 4.42 Å². The molecular formula is C19H18FNO2. The van der Waals surface area contributed by atoms with Gasteiger partial charge in [0.05, 0.1) is 12.7 Å². The molecule has 4 heteroatoms. The van der Waals surface area contributed by atoms with E-state index in [0.29, 0.717) is 19.4 Å².